The Morgan fingerprint density at radius 2 is 1.52 bits per heavy atom. The number of allylic oxidation sites excluding steroid dienone is 2. The monoisotopic (exact) mass is 388 g/mol. The van der Waals surface area contributed by atoms with Crippen molar-refractivity contribution in [1.82, 2.24) is 0 Å². The Labute approximate surface area is 172 Å². The van der Waals surface area contributed by atoms with E-state index in [9.17, 15) is 9.90 Å². The van der Waals surface area contributed by atoms with Gasteiger partial charge < -0.3 is 9.52 Å². The average Bonchev–Trinajstić information content (AvgIpc) is 3.14. The van der Waals surface area contributed by atoms with Crippen LogP contribution in [0.4, 0.5) is 0 Å². The van der Waals surface area contributed by atoms with Gasteiger partial charge >= 0.3 is 5.97 Å². The second-order valence-corrected chi connectivity index (χ2v) is 7.71. The first-order valence-corrected chi connectivity index (χ1v) is 10.1. The van der Waals surface area contributed by atoms with Gasteiger partial charge in [-0.05, 0) is 41.2 Å². The highest BCUT2D eigenvalue weighted by molar-refractivity contribution is 5.76. The maximum atomic E-state index is 11.5. The Kier molecular flexibility index (Phi) is 7.07. The second kappa shape index (κ2) is 9.92. The normalized spacial score (nSPS) is 12.5. The van der Waals surface area contributed by atoms with Crippen molar-refractivity contribution in [3.05, 3.63) is 107 Å². The first-order valence-electron chi connectivity index (χ1n) is 10.1. The van der Waals surface area contributed by atoms with Gasteiger partial charge in [0.05, 0.1) is 5.92 Å². The van der Waals surface area contributed by atoms with E-state index in [0.29, 0.717) is 0 Å². The Bertz CT molecular complexity index is 934. The van der Waals surface area contributed by atoms with E-state index in [1.807, 2.05) is 68.4 Å². The maximum absolute atomic E-state index is 11.5. The number of furan rings is 1. The standard InChI is InChI=1S/C26H28O3/c1-19(2)25(26(27)28)22-14-12-20(13-15-22)8-6-7-11-23-16-17-24(29-23)18-21-9-4-3-5-10-21/h3-7,9-10,12-17,19,25H,8,11,18H2,1-2H3,(H,27,28). The van der Waals surface area contributed by atoms with Gasteiger partial charge in [0.1, 0.15) is 11.5 Å². The van der Waals surface area contributed by atoms with Gasteiger partial charge in [-0.1, -0.05) is 80.6 Å². The van der Waals surface area contributed by atoms with Crippen LogP contribution in [0.1, 0.15) is 48.0 Å². The summed E-state index contributed by atoms with van der Waals surface area (Å²) < 4.78 is 5.92. The molecule has 1 atom stereocenters. The summed E-state index contributed by atoms with van der Waals surface area (Å²) in [5, 5.41) is 9.41. The molecule has 3 nitrogen and oxygen atoms in total. The molecule has 2 aromatic carbocycles. The highest BCUT2D eigenvalue weighted by atomic mass is 16.4. The highest BCUT2D eigenvalue weighted by Crippen LogP contribution is 2.25. The minimum atomic E-state index is -0.766. The van der Waals surface area contributed by atoms with Crippen LogP contribution < -0.4 is 0 Å². The van der Waals surface area contributed by atoms with E-state index in [1.165, 1.54) is 11.1 Å². The minimum absolute atomic E-state index is 0.0679. The molecular weight excluding hydrogens is 360 g/mol. The van der Waals surface area contributed by atoms with Crippen molar-refractivity contribution in [2.24, 2.45) is 5.92 Å². The first-order chi connectivity index (χ1) is 14.0. The lowest BCUT2D eigenvalue weighted by molar-refractivity contribution is -0.139. The molecular formula is C26H28O3. The number of hydrogen-bond donors (Lipinski definition) is 1. The number of aliphatic carboxylic acids is 1. The summed E-state index contributed by atoms with van der Waals surface area (Å²) in [6, 6.07) is 22.3. The van der Waals surface area contributed by atoms with Crippen molar-refractivity contribution in [1.29, 1.82) is 0 Å². The Hall–Kier alpha value is -3.07. The van der Waals surface area contributed by atoms with Crippen LogP contribution in [-0.2, 0) is 24.1 Å². The summed E-state index contributed by atoms with van der Waals surface area (Å²) in [4.78, 5) is 11.5. The van der Waals surface area contributed by atoms with E-state index in [-0.39, 0.29) is 5.92 Å². The van der Waals surface area contributed by atoms with Crippen molar-refractivity contribution in [3.8, 4) is 0 Å². The Balaban J connectivity index is 1.51. The number of carboxylic acids is 1. The number of benzene rings is 2. The number of carbonyl (C=O) groups is 1. The lowest BCUT2D eigenvalue weighted by atomic mass is 9.88. The molecule has 0 radical (unpaired) electrons. The highest BCUT2D eigenvalue weighted by Gasteiger charge is 2.23. The molecule has 0 saturated carbocycles. The van der Waals surface area contributed by atoms with E-state index < -0.39 is 11.9 Å². The van der Waals surface area contributed by atoms with Crippen LogP contribution in [0.25, 0.3) is 0 Å². The van der Waals surface area contributed by atoms with Gasteiger partial charge in [0, 0.05) is 12.8 Å². The topological polar surface area (TPSA) is 50.4 Å². The minimum Gasteiger partial charge on any atom is -0.481 e. The smallest absolute Gasteiger partial charge is 0.311 e. The lowest BCUT2D eigenvalue weighted by Gasteiger charge is -2.16. The van der Waals surface area contributed by atoms with Crippen LogP contribution in [0.15, 0.2) is 83.3 Å². The van der Waals surface area contributed by atoms with Gasteiger partial charge in [0.25, 0.3) is 0 Å². The zero-order valence-corrected chi connectivity index (χ0v) is 17.0. The quantitative estimate of drug-likeness (QED) is 0.455. The third-order valence-corrected chi connectivity index (χ3v) is 5.05. The van der Waals surface area contributed by atoms with Crippen LogP contribution in [0, 0.1) is 5.92 Å². The number of hydrogen-bond acceptors (Lipinski definition) is 2. The van der Waals surface area contributed by atoms with E-state index in [4.69, 9.17) is 4.42 Å². The van der Waals surface area contributed by atoms with Gasteiger partial charge in [-0.15, -0.1) is 0 Å². The molecule has 0 saturated heterocycles. The summed E-state index contributed by atoms with van der Waals surface area (Å²) in [6.45, 7) is 3.88. The van der Waals surface area contributed by atoms with Crippen LogP contribution in [0.2, 0.25) is 0 Å². The predicted molar refractivity (Wildman–Crippen MR) is 116 cm³/mol. The molecule has 150 valence electrons. The van der Waals surface area contributed by atoms with Crippen molar-refractivity contribution in [3.63, 3.8) is 0 Å². The molecule has 0 aliphatic carbocycles. The van der Waals surface area contributed by atoms with Gasteiger partial charge in [-0.2, -0.15) is 0 Å². The van der Waals surface area contributed by atoms with E-state index in [2.05, 4.69) is 24.3 Å². The lowest BCUT2D eigenvalue weighted by Crippen LogP contribution is -2.17. The molecule has 1 unspecified atom stereocenters. The van der Waals surface area contributed by atoms with Gasteiger partial charge in [-0.3, -0.25) is 4.79 Å². The van der Waals surface area contributed by atoms with Crippen LogP contribution in [0.3, 0.4) is 0 Å². The molecule has 0 amide bonds. The summed E-state index contributed by atoms with van der Waals surface area (Å²) in [7, 11) is 0. The molecule has 0 spiro atoms. The predicted octanol–water partition coefficient (Wildman–Crippen LogP) is 6.04. The van der Waals surface area contributed by atoms with Crippen LogP contribution >= 0.6 is 0 Å². The third-order valence-electron chi connectivity index (χ3n) is 5.05. The van der Waals surface area contributed by atoms with E-state index in [1.54, 1.807) is 0 Å². The molecule has 1 heterocycles. The van der Waals surface area contributed by atoms with Gasteiger partial charge in [0.2, 0.25) is 0 Å². The molecule has 1 aromatic heterocycles. The molecule has 0 aliphatic rings. The van der Waals surface area contributed by atoms with E-state index >= 15 is 0 Å². The molecule has 0 aliphatic heterocycles. The zero-order valence-electron chi connectivity index (χ0n) is 17.0. The fraction of sp³-hybridized carbons (Fsp3) is 0.269. The second-order valence-electron chi connectivity index (χ2n) is 7.71. The number of rotatable bonds is 9. The summed E-state index contributed by atoms with van der Waals surface area (Å²) in [5.74, 6) is 0.789. The largest absolute Gasteiger partial charge is 0.481 e. The molecule has 0 bridgehead atoms. The van der Waals surface area contributed by atoms with Crippen molar-refractivity contribution in [2.45, 2.75) is 39.0 Å². The third kappa shape index (κ3) is 5.95. The number of carboxylic acid groups (broad SMARTS) is 1. The molecule has 3 heteroatoms. The zero-order chi connectivity index (χ0) is 20.6. The average molecular weight is 389 g/mol. The summed E-state index contributed by atoms with van der Waals surface area (Å²) in [5.41, 5.74) is 3.28. The van der Waals surface area contributed by atoms with Crippen LogP contribution in [0.5, 0.6) is 0 Å². The SMILES string of the molecule is CC(C)C(C(=O)O)c1ccc(CC=CCc2ccc(Cc3ccccc3)o2)cc1. The summed E-state index contributed by atoms with van der Waals surface area (Å²) in [6.07, 6.45) is 6.64. The summed E-state index contributed by atoms with van der Waals surface area (Å²) >= 11 is 0. The molecule has 0 fully saturated rings. The van der Waals surface area contributed by atoms with Crippen LogP contribution in [-0.4, -0.2) is 11.1 Å². The van der Waals surface area contributed by atoms with Crippen molar-refractivity contribution in [2.75, 3.05) is 0 Å². The Morgan fingerprint density at radius 3 is 2.17 bits per heavy atom. The van der Waals surface area contributed by atoms with Crippen molar-refractivity contribution < 1.29 is 14.3 Å². The fourth-order valence-electron chi connectivity index (χ4n) is 3.52. The molecule has 3 rings (SSSR count). The van der Waals surface area contributed by atoms with Gasteiger partial charge in [0.15, 0.2) is 0 Å². The maximum Gasteiger partial charge on any atom is 0.311 e. The first kappa shape index (κ1) is 20.7. The molecule has 3 aromatic rings. The molecule has 29 heavy (non-hydrogen) atoms. The van der Waals surface area contributed by atoms with E-state index in [0.717, 1.165) is 36.3 Å². The molecule has 1 N–H and O–H groups in total. The fourth-order valence-corrected chi connectivity index (χ4v) is 3.52. The Morgan fingerprint density at radius 1 is 0.862 bits per heavy atom. The van der Waals surface area contributed by atoms with Gasteiger partial charge in [-0.25, -0.2) is 0 Å². The van der Waals surface area contributed by atoms with Crippen molar-refractivity contribution >= 4 is 5.97 Å².